The van der Waals surface area contributed by atoms with Crippen LogP contribution in [0.25, 0.3) is 11.3 Å². The van der Waals surface area contributed by atoms with Crippen molar-refractivity contribution in [2.45, 2.75) is 18.4 Å². The lowest BCUT2D eigenvalue weighted by atomic mass is 10.0. The molecule has 0 aliphatic heterocycles. The lowest BCUT2D eigenvalue weighted by Crippen LogP contribution is -2.54. The Bertz CT molecular complexity index is 1010. The van der Waals surface area contributed by atoms with Gasteiger partial charge in [0, 0.05) is 23.2 Å². The van der Waals surface area contributed by atoms with E-state index >= 15 is 0 Å². The number of aromatic amines is 1. The van der Waals surface area contributed by atoms with Crippen LogP contribution in [-0.4, -0.2) is 42.9 Å². The van der Waals surface area contributed by atoms with E-state index in [1.54, 1.807) is 24.3 Å². The van der Waals surface area contributed by atoms with E-state index in [0.29, 0.717) is 23.5 Å². The summed E-state index contributed by atoms with van der Waals surface area (Å²) in [6, 6.07) is 16.7. The Balaban J connectivity index is 1.71. The van der Waals surface area contributed by atoms with Gasteiger partial charge in [-0.3, -0.25) is 27.1 Å². The molecule has 1 aromatic heterocycles. The third-order valence-electron chi connectivity index (χ3n) is 5.12. The van der Waals surface area contributed by atoms with Gasteiger partial charge in [0.25, 0.3) is 0 Å². The van der Waals surface area contributed by atoms with Crippen molar-refractivity contribution in [2.24, 2.45) is 17.2 Å². The Morgan fingerprint density at radius 3 is 2.28 bits per heavy atom. The van der Waals surface area contributed by atoms with Crippen LogP contribution in [0.3, 0.4) is 0 Å². The first-order chi connectivity index (χ1) is 15.3. The molecule has 3 rings (SSSR count). The van der Waals surface area contributed by atoms with E-state index in [1.807, 2.05) is 44.4 Å². The van der Waals surface area contributed by atoms with Gasteiger partial charge in [-0.1, -0.05) is 42.5 Å². The lowest BCUT2D eigenvalue weighted by molar-refractivity contribution is -0.114. The second kappa shape index (κ2) is 10.4. The van der Waals surface area contributed by atoms with Crippen molar-refractivity contribution >= 4 is 17.4 Å². The fourth-order valence-electron chi connectivity index (χ4n) is 3.32. The van der Waals surface area contributed by atoms with Crippen molar-refractivity contribution in [1.29, 1.82) is 0 Å². The highest BCUT2D eigenvalue weighted by atomic mass is 16.1. The molecule has 0 unspecified atom stereocenters. The molecule has 0 aliphatic carbocycles. The molecule has 0 bridgehead atoms. The maximum absolute atomic E-state index is 12.5. The Kier molecular flexibility index (Phi) is 7.57. The first kappa shape index (κ1) is 23.4. The van der Waals surface area contributed by atoms with Gasteiger partial charge in [-0.05, 0) is 31.8 Å². The second-order valence-corrected chi connectivity index (χ2v) is 7.54. The Labute approximate surface area is 187 Å². The van der Waals surface area contributed by atoms with Crippen LogP contribution in [-0.2, 0) is 17.0 Å². The summed E-state index contributed by atoms with van der Waals surface area (Å²) < 4.78 is 0. The summed E-state index contributed by atoms with van der Waals surface area (Å²) in [7, 11) is 3.78. The van der Waals surface area contributed by atoms with E-state index in [2.05, 4.69) is 31.5 Å². The molecule has 0 atom stereocenters. The van der Waals surface area contributed by atoms with Gasteiger partial charge in [-0.15, -0.1) is 0 Å². The monoisotopic (exact) mass is 437 g/mol. The number of aromatic nitrogens is 2. The van der Waals surface area contributed by atoms with E-state index in [9.17, 15) is 4.79 Å². The highest BCUT2D eigenvalue weighted by molar-refractivity contribution is 5.93. The minimum atomic E-state index is -1.42. The molecule has 11 N–H and O–H groups in total. The molecule has 3 aromatic rings. The minimum absolute atomic E-state index is 0.0442. The number of hydrogen-bond acceptors (Lipinski definition) is 8. The number of amides is 1. The van der Waals surface area contributed by atoms with Crippen molar-refractivity contribution in [3.8, 4) is 11.3 Å². The number of benzene rings is 2. The number of hydrogen-bond donors (Lipinski definition) is 8. The standard InChI is InChI=1S/C22H31N9O/c1-26-18(27-2)12-17-20(14-6-4-3-5-7-14)30-31-21(17)28-13-19(32)29-16-10-8-15(9-11-16)22(23,24)25/h3-11,18,26-27H,12-13,23-25H2,1-2H3,(H,29,32)(H2,28,30,31). The molecule has 0 radical (unpaired) electrons. The van der Waals surface area contributed by atoms with E-state index < -0.39 is 5.79 Å². The van der Waals surface area contributed by atoms with Crippen molar-refractivity contribution in [2.75, 3.05) is 31.3 Å². The summed E-state index contributed by atoms with van der Waals surface area (Å²) in [5.74, 6) is -1.01. The number of nitrogens with two attached hydrogens (primary N) is 3. The zero-order chi connectivity index (χ0) is 23.1. The SMILES string of the molecule is CNC(Cc1c(NCC(=O)Nc2ccc(C(N)(N)N)cc2)n[nH]c1-c1ccccc1)NC. The summed E-state index contributed by atoms with van der Waals surface area (Å²) in [5.41, 5.74) is 21.1. The molecule has 0 fully saturated rings. The van der Waals surface area contributed by atoms with Crippen LogP contribution in [0.5, 0.6) is 0 Å². The average molecular weight is 438 g/mol. The second-order valence-electron chi connectivity index (χ2n) is 7.54. The van der Waals surface area contributed by atoms with Gasteiger partial charge in [0.1, 0.15) is 5.79 Å². The summed E-state index contributed by atoms with van der Waals surface area (Å²) in [4.78, 5) is 12.5. The van der Waals surface area contributed by atoms with Crippen LogP contribution >= 0.6 is 0 Å². The average Bonchev–Trinajstić information content (AvgIpc) is 3.18. The maximum Gasteiger partial charge on any atom is 0.243 e. The molecule has 2 aromatic carbocycles. The van der Waals surface area contributed by atoms with Gasteiger partial charge >= 0.3 is 0 Å². The van der Waals surface area contributed by atoms with E-state index in [4.69, 9.17) is 17.2 Å². The lowest BCUT2D eigenvalue weighted by Gasteiger charge is -2.19. The number of H-pyrrole nitrogens is 1. The van der Waals surface area contributed by atoms with Gasteiger partial charge in [0.05, 0.1) is 18.4 Å². The smallest absolute Gasteiger partial charge is 0.243 e. The number of nitrogens with zero attached hydrogens (tertiary/aromatic N) is 1. The van der Waals surface area contributed by atoms with Crippen molar-refractivity contribution in [3.63, 3.8) is 0 Å². The van der Waals surface area contributed by atoms with E-state index in [1.165, 1.54) is 0 Å². The van der Waals surface area contributed by atoms with Crippen LogP contribution in [0.2, 0.25) is 0 Å². The van der Waals surface area contributed by atoms with Crippen molar-refractivity contribution < 1.29 is 4.79 Å². The molecule has 1 heterocycles. The number of carbonyl (C=O) groups excluding carboxylic acids is 1. The predicted molar refractivity (Wildman–Crippen MR) is 127 cm³/mol. The van der Waals surface area contributed by atoms with Crippen LogP contribution in [0.15, 0.2) is 54.6 Å². The van der Waals surface area contributed by atoms with Crippen LogP contribution in [0, 0.1) is 0 Å². The molecule has 1 amide bonds. The Hall–Kier alpha value is -3.28. The molecule has 0 aliphatic rings. The van der Waals surface area contributed by atoms with Gasteiger partial charge in [-0.25, -0.2) is 0 Å². The number of likely N-dealkylation sites (N-methyl/N-ethyl adjacent to an activating group) is 2. The van der Waals surface area contributed by atoms with Crippen LogP contribution < -0.4 is 38.5 Å². The van der Waals surface area contributed by atoms with E-state index in [0.717, 1.165) is 16.8 Å². The minimum Gasteiger partial charge on any atom is -0.359 e. The van der Waals surface area contributed by atoms with Gasteiger partial charge < -0.3 is 21.3 Å². The summed E-state index contributed by atoms with van der Waals surface area (Å²) in [6.45, 7) is 0.0478. The predicted octanol–water partition coefficient (Wildman–Crippen LogP) is 0.421. The molecular weight excluding hydrogens is 406 g/mol. The van der Waals surface area contributed by atoms with Gasteiger partial charge in [0.15, 0.2) is 5.82 Å². The number of rotatable bonds is 10. The Morgan fingerprint density at radius 1 is 1.03 bits per heavy atom. The third kappa shape index (κ3) is 5.90. The topological polar surface area (TPSA) is 172 Å². The zero-order valence-electron chi connectivity index (χ0n) is 18.3. The molecule has 10 nitrogen and oxygen atoms in total. The molecule has 170 valence electrons. The first-order valence-electron chi connectivity index (χ1n) is 10.3. The Morgan fingerprint density at radius 2 is 1.69 bits per heavy atom. The zero-order valence-corrected chi connectivity index (χ0v) is 18.3. The highest BCUT2D eigenvalue weighted by Crippen LogP contribution is 2.27. The first-order valence-corrected chi connectivity index (χ1v) is 10.3. The molecule has 0 spiro atoms. The molecule has 32 heavy (non-hydrogen) atoms. The summed E-state index contributed by atoms with van der Waals surface area (Å²) in [6.07, 6.45) is 0.709. The van der Waals surface area contributed by atoms with Crippen molar-refractivity contribution in [3.05, 3.63) is 65.7 Å². The number of nitrogens with one attached hydrogen (secondary N) is 5. The fraction of sp³-hybridized carbons (Fsp3) is 0.273. The summed E-state index contributed by atoms with van der Waals surface area (Å²) >= 11 is 0. The quantitative estimate of drug-likeness (QED) is 0.211. The molecule has 0 saturated carbocycles. The number of carbonyl (C=O) groups is 1. The molecule has 0 saturated heterocycles. The van der Waals surface area contributed by atoms with Crippen LogP contribution in [0.1, 0.15) is 11.1 Å². The molecular formula is C22H31N9O. The largest absolute Gasteiger partial charge is 0.359 e. The fourth-order valence-corrected chi connectivity index (χ4v) is 3.32. The maximum atomic E-state index is 12.5. The summed E-state index contributed by atoms with van der Waals surface area (Å²) in [5, 5.41) is 19.9. The van der Waals surface area contributed by atoms with Gasteiger partial charge in [-0.2, -0.15) is 5.10 Å². The van der Waals surface area contributed by atoms with Crippen molar-refractivity contribution in [1.82, 2.24) is 20.8 Å². The van der Waals surface area contributed by atoms with E-state index in [-0.39, 0.29) is 18.6 Å². The number of anilines is 2. The highest BCUT2D eigenvalue weighted by Gasteiger charge is 2.19. The third-order valence-corrected chi connectivity index (χ3v) is 5.12. The molecule has 10 heteroatoms. The normalized spacial score (nSPS) is 11.6. The van der Waals surface area contributed by atoms with Crippen LogP contribution in [0.4, 0.5) is 11.5 Å². The van der Waals surface area contributed by atoms with Gasteiger partial charge in [0.2, 0.25) is 5.91 Å².